The zero-order valence-corrected chi connectivity index (χ0v) is 12.3. The van der Waals surface area contributed by atoms with Crippen LogP contribution in [0.25, 0.3) is 0 Å². The van der Waals surface area contributed by atoms with Crippen LogP contribution in [0, 0.1) is 16.0 Å². The molecule has 1 atom stereocenters. The van der Waals surface area contributed by atoms with Crippen molar-refractivity contribution in [1.82, 2.24) is 0 Å². The second-order valence-corrected chi connectivity index (χ2v) is 5.29. The summed E-state index contributed by atoms with van der Waals surface area (Å²) in [4.78, 5) is 23.0. The Labute approximate surface area is 122 Å². The third kappa shape index (κ3) is 3.84. The summed E-state index contributed by atoms with van der Waals surface area (Å²) in [7, 11) is 0. The van der Waals surface area contributed by atoms with E-state index in [9.17, 15) is 14.9 Å². The van der Waals surface area contributed by atoms with Crippen LogP contribution >= 0.6 is 11.6 Å². The molecule has 1 N–H and O–H groups in total. The van der Waals surface area contributed by atoms with Crippen LogP contribution < -0.4 is 4.90 Å². The molecule has 7 heteroatoms. The number of nitrogens with zero attached hydrogens (tertiary/aromatic N) is 2. The first-order valence-electron chi connectivity index (χ1n) is 6.17. The lowest BCUT2D eigenvalue weighted by molar-refractivity contribution is -0.384. The number of carboxylic acid groups (broad SMARTS) is 1. The fraction of sp³-hybridized carbons (Fsp3) is 0.462. The Balaban J connectivity index is 3.09. The summed E-state index contributed by atoms with van der Waals surface area (Å²) in [5.74, 6) is -1.46. The second kappa shape index (κ2) is 6.56. The Morgan fingerprint density at radius 3 is 2.45 bits per heavy atom. The predicted molar refractivity (Wildman–Crippen MR) is 77.4 cm³/mol. The van der Waals surface area contributed by atoms with Crippen molar-refractivity contribution < 1.29 is 14.8 Å². The van der Waals surface area contributed by atoms with Crippen LogP contribution in [0.15, 0.2) is 18.2 Å². The molecule has 0 aliphatic rings. The Hall–Kier alpha value is -1.82. The molecule has 0 amide bonds. The molecule has 1 aromatic carbocycles. The lowest BCUT2D eigenvalue weighted by Crippen LogP contribution is -2.37. The first kappa shape index (κ1) is 16.2. The van der Waals surface area contributed by atoms with Gasteiger partial charge in [0.2, 0.25) is 0 Å². The van der Waals surface area contributed by atoms with E-state index in [-0.39, 0.29) is 23.3 Å². The van der Waals surface area contributed by atoms with Crippen LogP contribution in [0.1, 0.15) is 20.8 Å². The first-order chi connectivity index (χ1) is 9.23. The molecule has 0 bridgehead atoms. The number of halogens is 1. The Kier molecular flexibility index (Phi) is 5.33. The lowest BCUT2D eigenvalue weighted by atomic mass is 10.1. The van der Waals surface area contributed by atoms with Crippen molar-refractivity contribution in [2.24, 2.45) is 5.92 Å². The highest BCUT2D eigenvalue weighted by molar-refractivity contribution is 6.33. The van der Waals surface area contributed by atoms with E-state index in [4.69, 9.17) is 16.7 Å². The van der Waals surface area contributed by atoms with Crippen molar-refractivity contribution in [3.63, 3.8) is 0 Å². The van der Waals surface area contributed by atoms with E-state index in [1.807, 2.05) is 18.7 Å². The molecule has 0 heterocycles. The molecule has 0 radical (unpaired) electrons. The molecule has 6 nitrogen and oxygen atoms in total. The average molecular weight is 301 g/mol. The van der Waals surface area contributed by atoms with E-state index in [0.29, 0.717) is 5.69 Å². The maximum atomic E-state index is 11.0. The van der Waals surface area contributed by atoms with Crippen molar-refractivity contribution >= 4 is 28.9 Å². The maximum Gasteiger partial charge on any atom is 0.308 e. The minimum absolute atomic E-state index is 0.0238. The van der Waals surface area contributed by atoms with Gasteiger partial charge in [-0.05, 0) is 19.9 Å². The SMILES string of the molecule is CC(CN(c1ccc([N+](=O)[O-])cc1Cl)C(C)C)C(=O)O. The number of rotatable bonds is 6. The van der Waals surface area contributed by atoms with E-state index in [1.54, 1.807) is 13.0 Å². The minimum Gasteiger partial charge on any atom is -0.481 e. The fourth-order valence-electron chi connectivity index (χ4n) is 1.80. The van der Waals surface area contributed by atoms with E-state index >= 15 is 0 Å². The number of anilines is 1. The van der Waals surface area contributed by atoms with Gasteiger partial charge in [0, 0.05) is 24.7 Å². The van der Waals surface area contributed by atoms with Crippen molar-refractivity contribution in [3.05, 3.63) is 33.3 Å². The zero-order valence-electron chi connectivity index (χ0n) is 11.5. The van der Waals surface area contributed by atoms with Crippen LogP contribution in [-0.4, -0.2) is 28.6 Å². The largest absolute Gasteiger partial charge is 0.481 e. The fourth-order valence-corrected chi connectivity index (χ4v) is 2.09. The van der Waals surface area contributed by atoms with E-state index in [0.717, 1.165) is 0 Å². The molecule has 0 aromatic heterocycles. The van der Waals surface area contributed by atoms with Crippen LogP contribution in [0.3, 0.4) is 0 Å². The summed E-state index contributed by atoms with van der Waals surface area (Å²) in [6, 6.07) is 4.21. The van der Waals surface area contributed by atoms with Crippen LogP contribution in [0.5, 0.6) is 0 Å². The van der Waals surface area contributed by atoms with E-state index < -0.39 is 16.8 Å². The third-order valence-corrected chi connectivity index (χ3v) is 3.27. The number of benzene rings is 1. The number of aliphatic carboxylic acids is 1. The molecular weight excluding hydrogens is 284 g/mol. The number of nitro benzene ring substituents is 1. The third-order valence-electron chi connectivity index (χ3n) is 2.97. The van der Waals surface area contributed by atoms with Crippen molar-refractivity contribution in [3.8, 4) is 0 Å². The number of non-ortho nitro benzene ring substituents is 1. The smallest absolute Gasteiger partial charge is 0.308 e. The number of carboxylic acids is 1. The number of nitro groups is 1. The summed E-state index contributed by atoms with van der Waals surface area (Å²) in [5.41, 5.74) is 0.508. The van der Waals surface area contributed by atoms with E-state index in [2.05, 4.69) is 0 Å². The molecule has 0 spiro atoms. The number of carbonyl (C=O) groups is 1. The van der Waals surface area contributed by atoms with Gasteiger partial charge in [-0.15, -0.1) is 0 Å². The highest BCUT2D eigenvalue weighted by atomic mass is 35.5. The molecule has 1 aromatic rings. The Morgan fingerprint density at radius 2 is 2.05 bits per heavy atom. The molecule has 0 saturated heterocycles. The molecule has 1 unspecified atom stereocenters. The summed E-state index contributed by atoms with van der Waals surface area (Å²) in [5, 5.41) is 19.9. The number of hydrogen-bond acceptors (Lipinski definition) is 4. The molecular formula is C13H17ClN2O4. The highest BCUT2D eigenvalue weighted by Gasteiger charge is 2.21. The summed E-state index contributed by atoms with van der Waals surface area (Å²) in [6.07, 6.45) is 0. The van der Waals surface area contributed by atoms with Gasteiger partial charge in [0.15, 0.2) is 0 Å². The van der Waals surface area contributed by atoms with Gasteiger partial charge in [0.05, 0.1) is 21.6 Å². The molecule has 20 heavy (non-hydrogen) atoms. The standard InChI is InChI=1S/C13H17ClN2O4/c1-8(2)15(7-9(3)13(17)18)12-5-4-10(16(19)20)6-11(12)14/h4-6,8-9H,7H2,1-3H3,(H,17,18). The van der Waals surface area contributed by atoms with Gasteiger partial charge in [-0.3, -0.25) is 14.9 Å². The summed E-state index contributed by atoms with van der Waals surface area (Å²) >= 11 is 6.08. The van der Waals surface area contributed by atoms with E-state index in [1.165, 1.54) is 12.1 Å². The Bertz CT molecular complexity index is 519. The van der Waals surface area contributed by atoms with Crippen molar-refractivity contribution in [2.45, 2.75) is 26.8 Å². The maximum absolute atomic E-state index is 11.0. The summed E-state index contributed by atoms with van der Waals surface area (Å²) in [6.45, 7) is 5.71. The van der Waals surface area contributed by atoms with Gasteiger partial charge < -0.3 is 10.0 Å². The van der Waals surface area contributed by atoms with Crippen LogP contribution in [0.2, 0.25) is 5.02 Å². The molecule has 1 rings (SSSR count). The Morgan fingerprint density at radius 1 is 1.45 bits per heavy atom. The van der Waals surface area contributed by atoms with Gasteiger partial charge >= 0.3 is 5.97 Å². The number of hydrogen-bond donors (Lipinski definition) is 1. The average Bonchev–Trinajstić information content (AvgIpc) is 2.35. The lowest BCUT2D eigenvalue weighted by Gasteiger charge is -2.31. The van der Waals surface area contributed by atoms with Crippen molar-refractivity contribution in [1.29, 1.82) is 0 Å². The van der Waals surface area contributed by atoms with Gasteiger partial charge in [-0.2, -0.15) is 0 Å². The zero-order chi connectivity index (χ0) is 15.4. The monoisotopic (exact) mass is 300 g/mol. The second-order valence-electron chi connectivity index (χ2n) is 4.88. The molecule has 0 aliphatic carbocycles. The van der Waals surface area contributed by atoms with Crippen LogP contribution in [0.4, 0.5) is 11.4 Å². The molecule has 0 saturated carbocycles. The quantitative estimate of drug-likeness (QED) is 0.644. The minimum atomic E-state index is -0.895. The molecule has 0 fully saturated rings. The first-order valence-corrected chi connectivity index (χ1v) is 6.55. The molecule has 0 aliphatic heterocycles. The summed E-state index contributed by atoms with van der Waals surface area (Å²) < 4.78 is 0. The normalized spacial score (nSPS) is 12.2. The van der Waals surface area contributed by atoms with Gasteiger partial charge in [-0.25, -0.2) is 0 Å². The van der Waals surface area contributed by atoms with Gasteiger partial charge in [-0.1, -0.05) is 18.5 Å². The van der Waals surface area contributed by atoms with Gasteiger partial charge in [0.25, 0.3) is 5.69 Å². The van der Waals surface area contributed by atoms with Crippen LogP contribution in [-0.2, 0) is 4.79 Å². The van der Waals surface area contributed by atoms with Crippen molar-refractivity contribution in [2.75, 3.05) is 11.4 Å². The predicted octanol–water partition coefficient (Wildman–Crippen LogP) is 3.18. The highest BCUT2D eigenvalue weighted by Crippen LogP contribution is 2.31. The van der Waals surface area contributed by atoms with Gasteiger partial charge in [0.1, 0.15) is 0 Å². The topological polar surface area (TPSA) is 83.7 Å². The molecule has 110 valence electrons.